The molecule has 1 N–H and O–H groups in total. The van der Waals surface area contributed by atoms with Gasteiger partial charge in [-0.15, -0.1) is 0 Å². The summed E-state index contributed by atoms with van der Waals surface area (Å²) >= 11 is 0. The standard InChI is InChI=1S/C13H19F2NO2/c1-9(2)16-8-13(14,15)10-5-6-11(17-3)12(7-10)18-4/h5-7,9,16H,8H2,1-4H3. The van der Waals surface area contributed by atoms with Gasteiger partial charge in [-0.05, 0) is 18.2 Å². The summed E-state index contributed by atoms with van der Waals surface area (Å²) in [6.45, 7) is 3.25. The molecule has 0 aliphatic rings. The molecule has 1 rings (SSSR count). The van der Waals surface area contributed by atoms with Gasteiger partial charge in [-0.25, -0.2) is 0 Å². The van der Waals surface area contributed by atoms with Crippen LogP contribution in [-0.4, -0.2) is 26.8 Å². The van der Waals surface area contributed by atoms with E-state index >= 15 is 0 Å². The molecule has 0 unspecified atom stereocenters. The van der Waals surface area contributed by atoms with E-state index in [9.17, 15) is 8.78 Å². The predicted molar refractivity (Wildman–Crippen MR) is 66.6 cm³/mol. The summed E-state index contributed by atoms with van der Waals surface area (Å²) in [7, 11) is 2.89. The number of nitrogens with one attached hydrogen (secondary N) is 1. The molecule has 0 aromatic heterocycles. The Balaban J connectivity index is 2.94. The van der Waals surface area contributed by atoms with Gasteiger partial charge in [0.15, 0.2) is 11.5 Å². The van der Waals surface area contributed by atoms with Gasteiger partial charge in [0.2, 0.25) is 0 Å². The monoisotopic (exact) mass is 259 g/mol. The van der Waals surface area contributed by atoms with E-state index in [1.165, 1.54) is 32.4 Å². The van der Waals surface area contributed by atoms with E-state index in [0.29, 0.717) is 11.5 Å². The van der Waals surface area contributed by atoms with Crippen LogP contribution in [0.5, 0.6) is 11.5 Å². The van der Waals surface area contributed by atoms with Gasteiger partial charge >= 0.3 is 0 Å². The van der Waals surface area contributed by atoms with Crippen molar-refractivity contribution in [3.05, 3.63) is 23.8 Å². The van der Waals surface area contributed by atoms with Crippen molar-refractivity contribution in [2.75, 3.05) is 20.8 Å². The quantitative estimate of drug-likeness (QED) is 0.852. The molecule has 0 aliphatic heterocycles. The van der Waals surface area contributed by atoms with Crippen LogP contribution in [-0.2, 0) is 5.92 Å². The van der Waals surface area contributed by atoms with Crippen LogP contribution in [0.25, 0.3) is 0 Å². The highest BCUT2D eigenvalue weighted by atomic mass is 19.3. The van der Waals surface area contributed by atoms with Crippen molar-refractivity contribution in [1.82, 2.24) is 5.32 Å². The van der Waals surface area contributed by atoms with Crippen LogP contribution in [0.3, 0.4) is 0 Å². The summed E-state index contributed by atoms with van der Waals surface area (Å²) in [5, 5.41) is 2.73. The maximum Gasteiger partial charge on any atom is 0.285 e. The molecule has 0 saturated heterocycles. The normalized spacial score (nSPS) is 11.7. The van der Waals surface area contributed by atoms with E-state index in [-0.39, 0.29) is 11.6 Å². The van der Waals surface area contributed by atoms with E-state index in [0.717, 1.165) is 0 Å². The van der Waals surface area contributed by atoms with Crippen LogP contribution in [0.2, 0.25) is 0 Å². The van der Waals surface area contributed by atoms with E-state index in [2.05, 4.69) is 5.32 Å². The summed E-state index contributed by atoms with van der Waals surface area (Å²) < 4.78 is 37.9. The molecule has 0 bridgehead atoms. The number of benzene rings is 1. The SMILES string of the molecule is COc1ccc(C(F)(F)CNC(C)C)cc1OC. The molecule has 18 heavy (non-hydrogen) atoms. The molecule has 0 fully saturated rings. The highest BCUT2D eigenvalue weighted by molar-refractivity contribution is 5.44. The van der Waals surface area contributed by atoms with Crippen LogP contribution < -0.4 is 14.8 Å². The van der Waals surface area contributed by atoms with Crippen LogP contribution in [0.15, 0.2) is 18.2 Å². The Bertz CT molecular complexity index is 395. The van der Waals surface area contributed by atoms with Crippen LogP contribution >= 0.6 is 0 Å². The van der Waals surface area contributed by atoms with Gasteiger partial charge in [0.1, 0.15) is 0 Å². The van der Waals surface area contributed by atoms with E-state index < -0.39 is 12.5 Å². The predicted octanol–water partition coefficient (Wildman–Crippen LogP) is 2.79. The first-order valence-corrected chi connectivity index (χ1v) is 5.74. The number of rotatable bonds is 6. The largest absolute Gasteiger partial charge is 0.493 e. The van der Waals surface area contributed by atoms with Crippen molar-refractivity contribution in [2.45, 2.75) is 25.8 Å². The first-order chi connectivity index (χ1) is 8.40. The minimum atomic E-state index is -2.94. The lowest BCUT2D eigenvalue weighted by Crippen LogP contribution is -2.34. The van der Waals surface area contributed by atoms with Gasteiger partial charge in [-0.3, -0.25) is 0 Å². The zero-order valence-electron chi connectivity index (χ0n) is 11.1. The first-order valence-electron chi connectivity index (χ1n) is 5.74. The lowest BCUT2D eigenvalue weighted by Gasteiger charge is -2.20. The third kappa shape index (κ3) is 3.57. The van der Waals surface area contributed by atoms with Gasteiger partial charge < -0.3 is 14.8 Å². The fraction of sp³-hybridized carbons (Fsp3) is 0.538. The maximum atomic E-state index is 13.9. The smallest absolute Gasteiger partial charge is 0.285 e. The second-order valence-electron chi connectivity index (χ2n) is 4.31. The molecule has 0 amide bonds. The summed E-state index contributed by atoms with van der Waals surface area (Å²) in [6.07, 6.45) is 0. The van der Waals surface area contributed by atoms with Crippen molar-refractivity contribution in [1.29, 1.82) is 0 Å². The first kappa shape index (κ1) is 14.7. The lowest BCUT2D eigenvalue weighted by molar-refractivity contribution is -0.00506. The molecular formula is C13H19F2NO2. The third-order valence-corrected chi connectivity index (χ3v) is 2.54. The summed E-state index contributed by atoms with van der Waals surface area (Å²) in [5.41, 5.74) is -0.0895. The average molecular weight is 259 g/mol. The lowest BCUT2D eigenvalue weighted by atomic mass is 10.1. The molecule has 0 aliphatic carbocycles. The maximum absolute atomic E-state index is 13.9. The average Bonchev–Trinajstić information content (AvgIpc) is 2.35. The fourth-order valence-electron chi connectivity index (χ4n) is 1.50. The molecule has 0 radical (unpaired) electrons. The Morgan fingerprint density at radius 3 is 2.28 bits per heavy atom. The Morgan fingerprint density at radius 1 is 1.17 bits per heavy atom. The molecule has 0 heterocycles. The van der Waals surface area contributed by atoms with E-state index in [1.807, 2.05) is 13.8 Å². The summed E-state index contributed by atoms with van der Waals surface area (Å²) in [5.74, 6) is -2.20. The second kappa shape index (κ2) is 6.00. The van der Waals surface area contributed by atoms with Crippen LogP contribution in [0.4, 0.5) is 8.78 Å². The summed E-state index contributed by atoms with van der Waals surface area (Å²) in [6, 6.07) is 4.15. The van der Waals surface area contributed by atoms with Crippen LogP contribution in [0, 0.1) is 0 Å². The van der Waals surface area contributed by atoms with Crippen LogP contribution in [0.1, 0.15) is 19.4 Å². The molecule has 5 heteroatoms. The number of halogens is 2. The third-order valence-electron chi connectivity index (χ3n) is 2.54. The molecule has 0 saturated carbocycles. The molecule has 1 aromatic rings. The topological polar surface area (TPSA) is 30.5 Å². The number of methoxy groups -OCH3 is 2. The molecule has 3 nitrogen and oxygen atoms in total. The highest BCUT2D eigenvalue weighted by Gasteiger charge is 2.32. The number of ether oxygens (including phenoxy) is 2. The molecule has 102 valence electrons. The van der Waals surface area contributed by atoms with Crippen molar-refractivity contribution in [3.8, 4) is 11.5 Å². The minimum absolute atomic E-state index is 0.0102. The number of hydrogen-bond donors (Lipinski definition) is 1. The Kier molecular flexibility index (Phi) is 4.90. The highest BCUT2D eigenvalue weighted by Crippen LogP contribution is 2.34. The van der Waals surface area contributed by atoms with E-state index in [4.69, 9.17) is 9.47 Å². The number of alkyl halides is 2. The molecule has 0 atom stereocenters. The van der Waals surface area contributed by atoms with Crippen molar-refractivity contribution < 1.29 is 18.3 Å². The van der Waals surface area contributed by atoms with Crippen molar-refractivity contribution in [2.24, 2.45) is 0 Å². The second-order valence-corrected chi connectivity index (χ2v) is 4.31. The van der Waals surface area contributed by atoms with E-state index in [1.54, 1.807) is 0 Å². The Labute approximate surface area is 106 Å². The van der Waals surface area contributed by atoms with Gasteiger partial charge in [0.05, 0.1) is 20.8 Å². The number of hydrogen-bond acceptors (Lipinski definition) is 3. The van der Waals surface area contributed by atoms with Gasteiger partial charge in [0, 0.05) is 11.6 Å². The molecule has 0 spiro atoms. The van der Waals surface area contributed by atoms with Crippen molar-refractivity contribution >= 4 is 0 Å². The molecule has 1 aromatic carbocycles. The summed E-state index contributed by atoms with van der Waals surface area (Å²) in [4.78, 5) is 0. The Hall–Kier alpha value is -1.36. The zero-order chi connectivity index (χ0) is 13.8. The minimum Gasteiger partial charge on any atom is -0.493 e. The fourth-order valence-corrected chi connectivity index (χ4v) is 1.50. The van der Waals surface area contributed by atoms with Gasteiger partial charge in [-0.1, -0.05) is 13.8 Å². The van der Waals surface area contributed by atoms with Gasteiger partial charge in [0.25, 0.3) is 5.92 Å². The van der Waals surface area contributed by atoms with Crippen molar-refractivity contribution in [3.63, 3.8) is 0 Å². The molecular weight excluding hydrogens is 240 g/mol. The van der Waals surface area contributed by atoms with Gasteiger partial charge in [-0.2, -0.15) is 8.78 Å². The Morgan fingerprint density at radius 2 is 1.78 bits per heavy atom. The zero-order valence-corrected chi connectivity index (χ0v) is 11.1.